The molecule has 0 aromatic heterocycles. The Morgan fingerprint density at radius 3 is 2.29 bits per heavy atom. The number of rotatable bonds is 6. The van der Waals surface area contributed by atoms with E-state index in [4.69, 9.17) is 4.74 Å². The molecule has 162 valence electrons. The number of likely N-dealkylation sites (tertiary alicyclic amines) is 2. The Labute approximate surface area is 182 Å². The molecule has 2 fully saturated rings. The van der Waals surface area contributed by atoms with Crippen molar-refractivity contribution in [3.63, 3.8) is 0 Å². The van der Waals surface area contributed by atoms with Gasteiger partial charge in [-0.2, -0.15) is 0 Å². The van der Waals surface area contributed by atoms with E-state index in [9.17, 15) is 14.4 Å². The summed E-state index contributed by atoms with van der Waals surface area (Å²) in [6.07, 6.45) is 1.59. The van der Waals surface area contributed by atoms with Crippen molar-refractivity contribution in [2.24, 2.45) is 11.8 Å². The van der Waals surface area contributed by atoms with E-state index in [1.807, 2.05) is 35.2 Å². The Bertz CT molecular complexity index is 934. The molecule has 0 spiro atoms. The third kappa shape index (κ3) is 4.79. The fourth-order valence-corrected chi connectivity index (χ4v) is 4.51. The number of methoxy groups -OCH3 is 1. The van der Waals surface area contributed by atoms with Gasteiger partial charge < -0.3 is 14.5 Å². The van der Waals surface area contributed by atoms with Crippen molar-refractivity contribution >= 4 is 17.6 Å². The third-order valence-electron chi connectivity index (χ3n) is 6.33. The van der Waals surface area contributed by atoms with Gasteiger partial charge >= 0.3 is 0 Å². The molecule has 1 atom stereocenters. The molecule has 0 aliphatic carbocycles. The number of hydrogen-bond acceptors (Lipinski definition) is 4. The minimum atomic E-state index is -0.287. The summed E-state index contributed by atoms with van der Waals surface area (Å²) in [5.74, 6) is 0.567. The molecule has 2 aromatic rings. The minimum Gasteiger partial charge on any atom is -0.497 e. The highest BCUT2D eigenvalue weighted by Crippen LogP contribution is 2.27. The zero-order valence-electron chi connectivity index (χ0n) is 17.8. The van der Waals surface area contributed by atoms with Gasteiger partial charge in [-0.1, -0.05) is 30.3 Å². The largest absolute Gasteiger partial charge is 0.497 e. The molecule has 2 saturated heterocycles. The maximum Gasteiger partial charge on any atom is 0.227 e. The average Bonchev–Trinajstić information content (AvgIpc) is 3.19. The predicted octanol–water partition coefficient (Wildman–Crippen LogP) is 3.17. The standard InChI is InChI=1S/C25H28N2O4/c1-31-22-9-7-19(8-10-22)24(29)20-11-13-26(14-12-20)25(30)21-15-23(28)27(17-21)16-18-5-3-2-4-6-18/h2-10,20-21H,11-17H2,1H3/t21-/m1/s1. The van der Waals surface area contributed by atoms with Gasteiger partial charge in [0.15, 0.2) is 5.78 Å². The Morgan fingerprint density at radius 1 is 0.968 bits per heavy atom. The summed E-state index contributed by atoms with van der Waals surface area (Å²) in [5.41, 5.74) is 1.75. The Hall–Kier alpha value is -3.15. The molecule has 2 aliphatic rings. The molecule has 0 bridgehead atoms. The molecule has 0 saturated carbocycles. The second-order valence-electron chi connectivity index (χ2n) is 8.35. The summed E-state index contributed by atoms with van der Waals surface area (Å²) < 4.78 is 5.15. The van der Waals surface area contributed by atoms with E-state index in [1.165, 1.54) is 0 Å². The highest BCUT2D eigenvalue weighted by Gasteiger charge is 2.38. The molecular weight excluding hydrogens is 392 g/mol. The first-order valence-electron chi connectivity index (χ1n) is 10.8. The number of ether oxygens (including phenoxy) is 1. The van der Waals surface area contributed by atoms with Crippen LogP contribution in [0.25, 0.3) is 0 Å². The molecule has 2 amide bonds. The molecule has 6 heteroatoms. The summed E-state index contributed by atoms with van der Waals surface area (Å²) in [6.45, 7) is 2.14. The lowest BCUT2D eigenvalue weighted by Gasteiger charge is -2.33. The number of amides is 2. The van der Waals surface area contributed by atoms with Gasteiger partial charge in [-0.25, -0.2) is 0 Å². The van der Waals surface area contributed by atoms with Gasteiger partial charge in [0.2, 0.25) is 11.8 Å². The molecule has 0 radical (unpaired) electrons. The lowest BCUT2D eigenvalue weighted by molar-refractivity contribution is -0.137. The smallest absolute Gasteiger partial charge is 0.227 e. The van der Waals surface area contributed by atoms with Gasteiger partial charge in [0.05, 0.1) is 13.0 Å². The van der Waals surface area contributed by atoms with Crippen molar-refractivity contribution in [2.45, 2.75) is 25.8 Å². The summed E-state index contributed by atoms with van der Waals surface area (Å²) in [6, 6.07) is 17.0. The van der Waals surface area contributed by atoms with Crippen molar-refractivity contribution in [1.29, 1.82) is 0 Å². The number of ketones is 1. The van der Waals surface area contributed by atoms with E-state index in [1.54, 1.807) is 36.3 Å². The van der Waals surface area contributed by atoms with E-state index in [2.05, 4.69) is 0 Å². The molecule has 4 rings (SSSR count). The minimum absolute atomic E-state index is 0.0340. The third-order valence-corrected chi connectivity index (χ3v) is 6.33. The van der Waals surface area contributed by atoms with Crippen molar-refractivity contribution in [1.82, 2.24) is 9.80 Å². The van der Waals surface area contributed by atoms with Gasteiger partial charge in [0.1, 0.15) is 5.75 Å². The number of piperidine rings is 1. The molecule has 0 N–H and O–H groups in total. The van der Waals surface area contributed by atoms with E-state index in [0.717, 1.165) is 11.3 Å². The number of carbonyl (C=O) groups excluding carboxylic acids is 3. The fraction of sp³-hybridized carbons (Fsp3) is 0.400. The number of hydrogen-bond donors (Lipinski definition) is 0. The first-order valence-corrected chi connectivity index (χ1v) is 10.8. The van der Waals surface area contributed by atoms with Crippen molar-refractivity contribution < 1.29 is 19.1 Å². The number of benzene rings is 2. The average molecular weight is 421 g/mol. The van der Waals surface area contributed by atoms with E-state index < -0.39 is 0 Å². The summed E-state index contributed by atoms with van der Waals surface area (Å²) in [5, 5.41) is 0. The van der Waals surface area contributed by atoms with Crippen LogP contribution >= 0.6 is 0 Å². The molecule has 31 heavy (non-hydrogen) atoms. The predicted molar refractivity (Wildman–Crippen MR) is 117 cm³/mol. The summed E-state index contributed by atoms with van der Waals surface area (Å²) >= 11 is 0. The van der Waals surface area contributed by atoms with Crippen LogP contribution in [0.2, 0.25) is 0 Å². The summed E-state index contributed by atoms with van der Waals surface area (Å²) in [7, 11) is 1.60. The normalized spacial score (nSPS) is 19.5. The molecule has 2 aliphatic heterocycles. The maximum atomic E-state index is 13.0. The Morgan fingerprint density at radius 2 is 1.65 bits per heavy atom. The van der Waals surface area contributed by atoms with Gasteiger partial charge in [-0.3, -0.25) is 14.4 Å². The molecule has 2 aromatic carbocycles. The van der Waals surface area contributed by atoms with Crippen molar-refractivity contribution in [2.75, 3.05) is 26.7 Å². The van der Waals surface area contributed by atoms with Crippen LogP contribution in [-0.2, 0) is 16.1 Å². The lowest BCUT2D eigenvalue weighted by atomic mass is 9.88. The molecule has 0 unspecified atom stereocenters. The molecular formula is C25H28N2O4. The van der Waals surface area contributed by atoms with Gasteiger partial charge in [0.25, 0.3) is 0 Å². The van der Waals surface area contributed by atoms with Gasteiger partial charge in [-0.05, 0) is 42.7 Å². The van der Waals surface area contributed by atoms with Crippen LogP contribution in [0.15, 0.2) is 54.6 Å². The highest BCUT2D eigenvalue weighted by atomic mass is 16.5. The lowest BCUT2D eigenvalue weighted by Crippen LogP contribution is -2.43. The zero-order chi connectivity index (χ0) is 21.8. The van der Waals surface area contributed by atoms with Crippen LogP contribution in [0.3, 0.4) is 0 Å². The fourth-order valence-electron chi connectivity index (χ4n) is 4.51. The van der Waals surface area contributed by atoms with Gasteiger partial charge in [0, 0.05) is 44.1 Å². The van der Waals surface area contributed by atoms with Crippen LogP contribution in [0.1, 0.15) is 35.2 Å². The number of nitrogens with zero attached hydrogens (tertiary/aromatic N) is 2. The number of Topliss-reactive ketones (excluding diaryl/α,β-unsaturated/α-hetero) is 1. The van der Waals surface area contributed by atoms with Crippen LogP contribution < -0.4 is 4.74 Å². The SMILES string of the molecule is COc1ccc(C(=O)C2CCN(C(=O)[C@@H]3CC(=O)N(Cc4ccccc4)C3)CC2)cc1. The first kappa shape index (κ1) is 21.1. The van der Waals surface area contributed by atoms with Crippen LogP contribution in [-0.4, -0.2) is 54.1 Å². The zero-order valence-corrected chi connectivity index (χ0v) is 17.8. The van der Waals surface area contributed by atoms with Crippen LogP contribution in [0.4, 0.5) is 0 Å². The topological polar surface area (TPSA) is 66.9 Å². The number of carbonyl (C=O) groups is 3. The molecule has 2 heterocycles. The van der Waals surface area contributed by atoms with Crippen molar-refractivity contribution in [3.8, 4) is 5.75 Å². The Balaban J connectivity index is 1.30. The van der Waals surface area contributed by atoms with E-state index in [0.29, 0.717) is 44.6 Å². The highest BCUT2D eigenvalue weighted by molar-refractivity contribution is 5.98. The first-order chi connectivity index (χ1) is 15.0. The van der Waals surface area contributed by atoms with Crippen LogP contribution in [0.5, 0.6) is 5.75 Å². The molecule has 6 nitrogen and oxygen atoms in total. The van der Waals surface area contributed by atoms with Crippen molar-refractivity contribution in [3.05, 3.63) is 65.7 Å². The monoisotopic (exact) mass is 420 g/mol. The second-order valence-corrected chi connectivity index (χ2v) is 8.35. The second kappa shape index (κ2) is 9.33. The van der Waals surface area contributed by atoms with E-state index >= 15 is 0 Å². The quantitative estimate of drug-likeness (QED) is 0.674. The van der Waals surface area contributed by atoms with Crippen LogP contribution in [0, 0.1) is 11.8 Å². The maximum absolute atomic E-state index is 13.0. The van der Waals surface area contributed by atoms with Gasteiger partial charge in [-0.15, -0.1) is 0 Å². The van der Waals surface area contributed by atoms with E-state index in [-0.39, 0.29) is 35.9 Å². The Kier molecular flexibility index (Phi) is 6.35. The summed E-state index contributed by atoms with van der Waals surface area (Å²) in [4.78, 5) is 41.8.